The van der Waals surface area contributed by atoms with Crippen molar-refractivity contribution in [3.63, 3.8) is 0 Å². The van der Waals surface area contributed by atoms with Crippen LogP contribution in [0.3, 0.4) is 0 Å². The molecular weight excluding hydrogens is 316 g/mol. The number of aromatic nitrogens is 1. The van der Waals surface area contributed by atoms with E-state index in [2.05, 4.69) is 26.2 Å². The molecule has 0 aliphatic heterocycles. The molecule has 1 aliphatic rings. The van der Waals surface area contributed by atoms with Gasteiger partial charge in [-0.05, 0) is 40.9 Å². The van der Waals surface area contributed by atoms with Crippen molar-refractivity contribution in [2.45, 2.75) is 12.8 Å². The third-order valence-corrected chi connectivity index (χ3v) is 4.46. The van der Waals surface area contributed by atoms with Crippen molar-refractivity contribution in [3.8, 4) is 5.75 Å². The normalized spacial score (nSPS) is 14.8. The summed E-state index contributed by atoms with van der Waals surface area (Å²) in [5.41, 5.74) is 0.839. The van der Waals surface area contributed by atoms with Crippen molar-refractivity contribution < 1.29 is 9.53 Å². The number of nitrogens with one attached hydrogen (secondary N) is 1. The van der Waals surface area contributed by atoms with Crippen molar-refractivity contribution in [1.29, 1.82) is 0 Å². The number of amides is 1. The van der Waals surface area contributed by atoms with Crippen molar-refractivity contribution in [2.75, 3.05) is 12.4 Å². The zero-order chi connectivity index (χ0) is 12.7. The monoisotopic (exact) mass is 326 g/mol. The molecule has 18 heavy (non-hydrogen) atoms. The molecule has 0 unspecified atom stereocenters. The van der Waals surface area contributed by atoms with Gasteiger partial charge in [0, 0.05) is 5.92 Å². The van der Waals surface area contributed by atoms with Crippen LogP contribution in [0, 0.1) is 5.92 Å². The number of anilines is 1. The van der Waals surface area contributed by atoms with Crippen LogP contribution in [-0.4, -0.2) is 18.0 Å². The zero-order valence-electron chi connectivity index (χ0n) is 9.70. The summed E-state index contributed by atoms with van der Waals surface area (Å²) >= 11 is 4.88. The van der Waals surface area contributed by atoms with Gasteiger partial charge in [0.15, 0.2) is 10.9 Å². The number of fused-ring (bicyclic) bond motifs is 1. The summed E-state index contributed by atoms with van der Waals surface area (Å²) < 4.78 is 7.18. The van der Waals surface area contributed by atoms with Gasteiger partial charge in [-0.1, -0.05) is 11.3 Å². The average molecular weight is 327 g/mol. The van der Waals surface area contributed by atoms with Crippen LogP contribution in [0.2, 0.25) is 0 Å². The van der Waals surface area contributed by atoms with Crippen LogP contribution in [0.25, 0.3) is 10.2 Å². The molecule has 94 valence electrons. The minimum Gasteiger partial charge on any atom is -0.494 e. The van der Waals surface area contributed by atoms with E-state index in [0.717, 1.165) is 33.3 Å². The lowest BCUT2D eigenvalue weighted by molar-refractivity contribution is -0.117. The lowest BCUT2D eigenvalue weighted by atomic mass is 10.3. The number of hydrogen-bond acceptors (Lipinski definition) is 4. The van der Waals surface area contributed by atoms with E-state index in [4.69, 9.17) is 4.74 Å². The first-order chi connectivity index (χ1) is 8.69. The topological polar surface area (TPSA) is 51.2 Å². The molecule has 0 atom stereocenters. The van der Waals surface area contributed by atoms with Gasteiger partial charge in [0.1, 0.15) is 0 Å². The Hall–Kier alpha value is -1.14. The second-order valence-electron chi connectivity index (χ2n) is 4.21. The Kier molecular flexibility index (Phi) is 2.99. The molecule has 1 heterocycles. The van der Waals surface area contributed by atoms with Gasteiger partial charge in [-0.25, -0.2) is 4.98 Å². The Bertz CT molecular complexity index is 622. The number of methoxy groups -OCH3 is 1. The summed E-state index contributed by atoms with van der Waals surface area (Å²) in [6.45, 7) is 0. The second-order valence-corrected chi connectivity index (χ2v) is 6.06. The van der Waals surface area contributed by atoms with Gasteiger partial charge in [-0.15, -0.1) is 0 Å². The van der Waals surface area contributed by atoms with E-state index in [0.29, 0.717) is 5.13 Å². The summed E-state index contributed by atoms with van der Waals surface area (Å²) in [5, 5.41) is 3.50. The van der Waals surface area contributed by atoms with E-state index >= 15 is 0 Å². The first kappa shape index (κ1) is 11.9. The molecule has 6 heteroatoms. The van der Waals surface area contributed by atoms with E-state index in [1.165, 1.54) is 11.3 Å². The van der Waals surface area contributed by atoms with Crippen LogP contribution in [-0.2, 0) is 4.79 Å². The Morgan fingerprint density at radius 3 is 3.00 bits per heavy atom. The highest BCUT2D eigenvalue weighted by Crippen LogP contribution is 2.39. The summed E-state index contributed by atoms with van der Waals surface area (Å²) in [4.78, 5) is 16.1. The third kappa shape index (κ3) is 2.10. The number of nitrogens with zero attached hydrogens (tertiary/aromatic N) is 1. The van der Waals surface area contributed by atoms with E-state index in [1.54, 1.807) is 7.11 Å². The number of halogens is 1. The van der Waals surface area contributed by atoms with E-state index in [-0.39, 0.29) is 11.8 Å². The molecule has 1 fully saturated rings. The van der Waals surface area contributed by atoms with Crippen LogP contribution in [0.4, 0.5) is 5.13 Å². The number of carbonyl (C=O) groups is 1. The summed E-state index contributed by atoms with van der Waals surface area (Å²) in [6.07, 6.45) is 1.98. The molecule has 0 saturated heterocycles. The lowest BCUT2D eigenvalue weighted by Gasteiger charge is -2.02. The van der Waals surface area contributed by atoms with Gasteiger partial charge in [0.25, 0.3) is 0 Å². The standard InChI is InChI=1S/C12H11BrN2O2S/c1-17-9-7(13)4-5-8-10(9)18-12(14-8)15-11(16)6-2-3-6/h4-6H,2-3H2,1H3,(H,14,15,16). The minimum atomic E-state index is 0.0760. The van der Waals surface area contributed by atoms with Gasteiger partial charge in [-0.2, -0.15) is 0 Å². The maximum atomic E-state index is 11.7. The lowest BCUT2D eigenvalue weighted by Crippen LogP contribution is -2.12. The molecular formula is C12H11BrN2O2S. The van der Waals surface area contributed by atoms with Gasteiger partial charge >= 0.3 is 0 Å². The highest BCUT2D eigenvalue weighted by molar-refractivity contribution is 9.10. The molecule has 2 aromatic rings. The predicted molar refractivity (Wildman–Crippen MR) is 75.2 cm³/mol. The van der Waals surface area contributed by atoms with Crippen LogP contribution < -0.4 is 10.1 Å². The van der Waals surface area contributed by atoms with Crippen LogP contribution in [0.1, 0.15) is 12.8 Å². The molecule has 0 radical (unpaired) electrons. The Morgan fingerprint density at radius 1 is 1.56 bits per heavy atom. The smallest absolute Gasteiger partial charge is 0.229 e. The Morgan fingerprint density at radius 2 is 2.33 bits per heavy atom. The van der Waals surface area contributed by atoms with Crippen molar-refractivity contribution >= 4 is 48.5 Å². The van der Waals surface area contributed by atoms with Crippen molar-refractivity contribution in [1.82, 2.24) is 4.98 Å². The van der Waals surface area contributed by atoms with Gasteiger partial charge in [0.05, 0.1) is 21.8 Å². The van der Waals surface area contributed by atoms with E-state index in [9.17, 15) is 4.79 Å². The van der Waals surface area contributed by atoms with Crippen LogP contribution >= 0.6 is 27.3 Å². The molecule has 1 saturated carbocycles. The molecule has 0 bridgehead atoms. The summed E-state index contributed by atoms with van der Waals surface area (Å²) in [5.74, 6) is 1.02. The fourth-order valence-corrected chi connectivity index (χ4v) is 3.36. The Balaban J connectivity index is 1.97. The highest BCUT2D eigenvalue weighted by atomic mass is 79.9. The number of rotatable bonds is 3. The fraction of sp³-hybridized carbons (Fsp3) is 0.333. The first-order valence-corrected chi connectivity index (χ1v) is 7.24. The van der Waals surface area contributed by atoms with E-state index < -0.39 is 0 Å². The Labute approximate surface area is 116 Å². The fourth-order valence-electron chi connectivity index (χ4n) is 1.74. The number of ether oxygens (including phenoxy) is 1. The number of thiazole rings is 1. The van der Waals surface area contributed by atoms with Gasteiger partial charge in [-0.3, -0.25) is 4.79 Å². The summed E-state index contributed by atoms with van der Waals surface area (Å²) in [7, 11) is 1.63. The maximum Gasteiger partial charge on any atom is 0.229 e. The molecule has 4 nitrogen and oxygen atoms in total. The number of carbonyl (C=O) groups excluding carboxylic acids is 1. The predicted octanol–water partition coefficient (Wildman–Crippen LogP) is 3.42. The zero-order valence-corrected chi connectivity index (χ0v) is 12.1. The maximum absolute atomic E-state index is 11.7. The quantitative estimate of drug-likeness (QED) is 0.940. The second kappa shape index (κ2) is 4.51. The van der Waals surface area contributed by atoms with Crippen LogP contribution in [0.5, 0.6) is 5.75 Å². The molecule has 1 amide bonds. The number of hydrogen-bond donors (Lipinski definition) is 1. The molecule has 1 aromatic heterocycles. The largest absolute Gasteiger partial charge is 0.494 e. The van der Waals surface area contributed by atoms with Gasteiger partial charge in [0.2, 0.25) is 5.91 Å². The highest BCUT2D eigenvalue weighted by Gasteiger charge is 2.30. The number of benzene rings is 1. The van der Waals surface area contributed by atoms with Gasteiger partial charge < -0.3 is 10.1 Å². The first-order valence-electron chi connectivity index (χ1n) is 5.63. The minimum absolute atomic E-state index is 0.0760. The van der Waals surface area contributed by atoms with Crippen molar-refractivity contribution in [3.05, 3.63) is 16.6 Å². The summed E-state index contributed by atoms with van der Waals surface area (Å²) in [6, 6.07) is 3.80. The molecule has 1 aliphatic carbocycles. The SMILES string of the molecule is COc1c(Br)ccc2nc(NC(=O)C3CC3)sc12. The van der Waals surface area contributed by atoms with Crippen molar-refractivity contribution in [2.24, 2.45) is 5.92 Å². The average Bonchev–Trinajstić information content (AvgIpc) is 3.11. The van der Waals surface area contributed by atoms with E-state index in [1.807, 2.05) is 12.1 Å². The molecule has 1 N–H and O–H groups in total. The molecule has 3 rings (SSSR count). The molecule has 1 aromatic carbocycles. The third-order valence-electron chi connectivity index (χ3n) is 2.85. The molecule has 0 spiro atoms. The van der Waals surface area contributed by atoms with Crippen LogP contribution in [0.15, 0.2) is 16.6 Å².